The molecule has 1 spiro atoms. The second kappa shape index (κ2) is 9.53. The standard InChI is InChI=1S/C19H32N4S.HI/c1-4-16-15(3)24-17(22-16)8-12-21-18(20-5-2)23-13-11-19(14-23)9-6-7-10-19;/h4-14H2,1-3H3,(H,20,21);1H. The quantitative estimate of drug-likeness (QED) is 0.389. The topological polar surface area (TPSA) is 40.5 Å². The largest absolute Gasteiger partial charge is 0.357 e. The number of thiazole rings is 1. The minimum Gasteiger partial charge on any atom is -0.357 e. The van der Waals surface area contributed by atoms with Gasteiger partial charge in [0, 0.05) is 37.5 Å². The predicted molar refractivity (Wildman–Crippen MR) is 118 cm³/mol. The second-order valence-corrected chi connectivity index (χ2v) is 8.62. The molecule has 0 unspecified atom stereocenters. The Balaban J connectivity index is 0.00000225. The maximum Gasteiger partial charge on any atom is 0.193 e. The van der Waals surface area contributed by atoms with Crippen molar-refractivity contribution in [2.75, 3.05) is 26.2 Å². The van der Waals surface area contributed by atoms with Crippen LogP contribution in [-0.4, -0.2) is 42.0 Å². The highest BCUT2D eigenvalue weighted by Crippen LogP contribution is 2.45. The molecule has 3 rings (SSSR count). The van der Waals surface area contributed by atoms with Crippen LogP contribution in [0.15, 0.2) is 4.99 Å². The predicted octanol–water partition coefficient (Wildman–Crippen LogP) is 4.41. The second-order valence-electron chi connectivity index (χ2n) is 7.33. The van der Waals surface area contributed by atoms with Gasteiger partial charge in [-0.05, 0) is 44.9 Å². The zero-order chi connectivity index (χ0) is 17.0. The number of nitrogens with one attached hydrogen (secondary N) is 1. The van der Waals surface area contributed by atoms with Gasteiger partial charge in [-0.25, -0.2) is 4.98 Å². The van der Waals surface area contributed by atoms with E-state index < -0.39 is 0 Å². The molecule has 0 amide bonds. The molecule has 25 heavy (non-hydrogen) atoms. The highest BCUT2D eigenvalue weighted by Gasteiger charge is 2.41. The lowest BCUT2D eigenvalue weighted by Gasteiger charge is -2.25. The van der Waals surface area contributed by atoms with Crippen molar-refractivity contribution in [1.82, 2.24) is 15.2 Å². The minimum atomic E-state index is 0. The molecule has 4 nitrogen and oxygen atoms in total. The molecule has 1 saturated carbocycles. The summed E-state index contributed by atoms with van der Waals surface area (Å²) >= 11 is 1.84. The first-order chi connectivity index (χ1) is 11.7. The highest BCUT2D eigenvalue weighted by molar-refractivity contribution is 14.0. The third-order valence-corrected chi connectivity index (χ3v) is 6.67. The lowest BCUT2D eigenvalue weighted by Crippen LogP contribution is -2.41. The molecule has 0 aromatic carbocycles. The molecule has 1 N–H and O–H groups in total. The molecule has 142 valence electrons. The van der Waals surface area contributed by atoms with Gasteiger partial charge in [-0.15, -0.1) is 35.3 Å². The summed E-state index contributed by atoms with van der Waals surface area (Å²) in [5.74, 6) is 1.12. The number of aliphatic imine (C=N–C) groups is 1. The molecule has 1 aromatic rings. The molecule has 1 aromatic heterocycles. The number of likely N-dealkylation sites (tertiary alicyclic amines) is 1. The monoisotopic (exact) mass is 476 g/mol. The number of rotatable bonds is 5. The van der Waals surface area contributed by atoms with Crippen molar-refractivity contribution in [2.24, 2.45) is 10.4 Å². The summed E-state index contributed by atoms with van der Waals surface area (Å²) in [6.07, 6.45) is 9.02. The van der Waals surface area contributed by atoms with Crippen molar-refractivity contribution < 1.29 is 0 Å². The lowest BCUT2D eigenvalue weighted by molar-refractivity contribution is 0.309. The smallest absolute Gasteiger partial charge is 0.193 e. The van der Waals surface area contributed by atoms with Gasteiger partial charge in [0.1, 0.15) is 0 Å². The van der Waals surface area contributed by atoms with E-state index in [9.17, 15) is 0 Å². The van der Waals surface area contributed by atoms with E-state index in [0.717, 1.165) is 31.9 Å². The molecule has 0 radical (unpaired) electrons. The molecule has 0 bridgehead atoms. The van der Waals surface area contributed by atoms with Gasteiger partial charge in [0.2, 0.25) is 0 Å². The van der Waals surface area contributed by atoms with Gasteiger partial charge in [-0.1, -0.05) is 19.8 Å². The van der Waals surface area contributed by atoms with E-state index >= 15 is 0 Å². The first-order valence-corrected chi connectivity index (χ1v) is 10.5. The SMILES string of the molecule is CCNC(=NCCc1nc(CC)c(C)s1)N1CCC2(CCCC2)C1.I. The Bertz CT molecular complexity index is 578. The summed E-state index contributed by atoms with van der Waals surface area (Å²) in [6, 6.07) is 0. The molecule has 0 atom stereocenters. The fourth-order valence-corrected chi connectivity index (χ4v) is 5.27. The Kier molecular flexibility index (Phi) is 7.98. The van der Waals surface area contributed by atoms with Gasteiger partial charge >= 0.3 is 0 Å². The molecule has 2 aliphatic rings. The van der Waals surface area contributed by atoms with Crippen LogP contribution in [0.2, 0.25) is 0 Å². The van der Waals surface area contributed by atoms with Crippen LogP contribution in [0.1, 0.15) is 61.5 Å². The highest BCUT2D eigenvalue weighted by atomic mass is 127. The van der Waals surface area contributed by atoms with Crippen molar-refractivity contribution in [3.63, 3.8) is 0 Å². The number of aryl methyl sites for hydroxylation is 2. The average Bonchev–Trinajstić information content (AvgIpc) is 3.29. The van der Waals surface area contributed by atoms with Gasteiger partial charge in [0.15, 0.2) is 5.96 Å². The van der Waals surface area contributed by atoms with Gasteiger partial charge in [-0.2, -0.15) is 0 Å². The van der Waals surface area contributed by atoms with Crippen LogP contribution in [0, 0.1) is 12.3 Å². The zero-order valence-electron chi connectivity index (χ0n) is 15.9. The van der Waals surface area contributed by atoms with E-state index in [-0.39, 0.29) is 24.0 Å². The van der Waals surface area contributed by atoms with Crippen molar-refractivity contribution in [1.29, 1.82) is 0 Å². The first kappa shape index (κ1) is 20.9. The Morgan fingerprint density at radius 1 is 1.28 bits per heavy atom. The van der Waals surface area contributed by atoms with Crippen LogP contribution < -0.4 is 5.32 Å². The van der Waals surface area contributed by atoms with Gasteiger partial charge in [0.25, 0.3) is 0 Å². The van der Waals surface area contributed by atoms with Crippen molar-refractivity contribution >= 4 is 41.3 Å². The molecule has 6 heteroatoms. The van der Waals surface area contributed by atoms with E-state index in [1.165, 1.54) is 60.8 Å². The summed E-state index contributed by atoms with van der Waals surface area (Å²) in [5.41, 5.74) is 1.85. The summed E-state index contributed by atoms with van der Waals surface area (Å²) in [6.45, 7) is 10.7. The van der Waals surface area contributed by atoms with E-state index in [2.05, 4.69) is 31.0 Å². The number of nitrogens with zero attached hydrogens (tertiary/aromatic N) is 3. The summed E-state index contributed by atoms with van der Waals surface area (Å²) < 4.78 is 0. The molecule has 2 fully saturated rings. The number of halogens is 1. The van der Waals surface area contributed by atoms with Crippen molar-refractivity contribution in [3.8, 4) is 0 Å². The average molecular weight is 476 g/mol. The van der Waals surface area contributed by atoms with Crippen molar-refractivity contribution in [3.05, 3.63) is 15.6 Å². The zero-order valence-corrected chi connectivity index (χ0v) is 19.1. The van der Waals surface area contributed by atoms with E-state index in [1.54, 1.807) is 0 Å². The number of hydrogen-bond donors (Lipinski definition) is 1. The van der Waals surface area contributed by atoms with Crippen LogP contribution in [0.4, 0.5) is 0 Å². The molecular formula is C19H33IN4S. The Hall–Kier alpha value is -0.370. The summed E-state index contributed by atoms with van der Waals surface area (Å²) in [4.78, 5) is 13.5. The number of hydrogen-bond acceptors (Lipinski definition) is 3. The molecular weight excluding hydrogens is 443 g/mol. The fourth-order valence-electron chi connectivity index (χ4n) is 4.25. The third-order valence-electron chi connectivity index (χ3n) is 5.60. The molecule has 1 saturated heterocycles. The Labute approximate surface area is 173 Å². The maximum absolute atomic E-state index is 4.91. The van der Waals surface area contributed by atoms with Crippen LogP contribution >= 0.6 is 35.3 Å². The Morgan fingerprint density at radius 3 is 2.68 bits per heavy atom. The molecule has 1 aliphatic carbocycles. The lowest BCUT2D eigenvalue weighted by atomic mass is 9.86. The number of aromatic nitrogens is 1. The van der Waals surface area contributed by atoms with Gasteiger partial charge < -0.3 is 10.2 Å². The first-order valence-electron chi connectivity index (χ1n) is 9.64. The van der Waals surface area contributed by atoms with E-state index in [4.69, 9.17) is 9.98 Å². The number of guanidine groups is 1. The van der Waals surface area contributed by atoms with Crippen LogP contribution in [0.5, 0.6) is 0 Å². The van der Waals surface area contributed by atoms with Crippen molar-refractivity contribution in [2.45, 2.75) is 65.7 Å². The normalized spacial score (nSPS) is 19.5. The fraction of sp³-hybridized carbons (Fsp3) is 0.789. The molecule has 2 heterocycles. The van der Waals surface area contributed by atoms with Gasteiger partial charge in [0.05, 0.1) is 10.7 Å². The van der Waals surface area contributed by atoms with Gasteiger partial charge in [-0.3, -0.25) is 4.99 Å². The van der Waals surface area contributed by atoms with E-state index in [1.807, 2.05) is 11.3 Å². The third kappa shape index (κ3) is 5.08. The Morgan fingerprint density at radius 2 is 2.04 bits per heavy atom. The summed E-state index contributed by atoms with van der Waals surface area (Å²) in [7, 11) is 0. The van der Waals surface area contributed by atoms with Crippen LogP contribution in [-0.2, 0) is 12.8 Å². The van der Waals surface area contributed by atoms with Crippen LogP contribution in [0.3, 0.4) is 0 Å². The summed E-state index contributed by atoms with van der Waals surface area (Å²) in [5, 5.41) is 4.74. The molecule has 1 aliphatic heterocycles. The van der Waals surface area contributed by atoms with E-state index in [0.29, 0.717) is 5.41 Å². The maximum atomic E-state index is 4.91. The minimum absolute atomic E-state index is 0. The van der Waals surface area contributed by atoms with Crippen LogP contribution in [0.25, 0.3) is 0 Å².